The molecule has 0 fully saturated rings. The highest BCUT2D eigenvalue weighted by molar-refractivity contribution is 8.00. The van der Waals surface area contributed by atoms with Gasteiger partial charge in [-0.2, -0.15) is 0 Å². The summed E-state index contributed by atoms with van der Waals surface area (Å²) in [5.41, 5.74) is 2.07. The van der Waals surface area contributed by atoms with Gasteiger partial charge in [0.15, 0.2) is 6.10 Å². The Morgan fingerprint density at radius 2 is 1.93 bits per heavy atom. The highest BCUT2D eigenvalue weighted by Crippen LogP contribution is 2.29. The molecule has 8 nitrogen and oxygen atoms in total. The summed E-state index contributed by atoms with van der Waals surface area (Å²) in [5.74, 6) is -0.839. The number of carbonyl (C=O) groups excluding carboxylic acids is 2. The van der Waals surface area contributed by atoms with Crippen LogP contribution in [-0.2, 0) is 14.3 Å². The first-order chi connectivity index (χ1) is 13.7. The van der Waals surface area contributed by atoms with Crippen LogP contribution >= 0.6 is 11.8 Å². The summed E-state index contributed by atoms with van der Waals surface area (Å²) < 4.78 is 10.3. The van der Waals surface area contributed by atoms with E-state index in [4.69, 9.17) is 9.47 Å². The van der Waals surface area contributed by atoms with E-state index in [1.165, 1.54) is 44.0 Å². The van der Waals surface area contributed by atoms with E-state index >= 15 is 0 Å². The van der Waals surface area contributed by atoms with Crippen LogP contribution in [-0.4, -0.2) is 35.8 Å². The number of benzene rings is 2. The third kappa shape index (κ3) is 6.21. The first kappa shape index (κ1) is 22.2. The minimum Gasteiger partial charge on any atom is -0.495 e. The number of non-ortho nitro benzene ring substituents is 1. The van der Waals surface area contributed by atoms with Gasteiger partial charge in [-0.25, -0.2) is 0 Å². The Balaban J connectivity index is 1.96. The molecule has 1 amide bonds. The van der Waals surface area contributed by atoms with Gasteiger partial charge in [0.2, 0.25) is 0 Å². The number of thioether (sulfide) groups is 1. The van der Waals surface area contributed by atoms with Crippen molar-refractivity contribution >= 4 is 35.0 Å². The number of hydrogen-bond acceptors (Lipinski definition) is 7. The molecule has 0 heterocycles. The molecule has 2 rings (SSSR count). The Morgan fingerprint density at radius 1 is 1.21 bits per heavy atom. The van der Waals surface area contributed by atoms with E-state index in [9.17, 15) is 19.7 Å². The van der Waals surface area contributed by atoms with Crippen LogP contribution in [0.15, 0.2) is 41.3 Å². The van der Waals surface area contributed by atoms with E-state index in [2.05, 4.69) is 5.32 Å². The summed E-state index contributed by atoms with van der Waals surface area (Å²) in [5, 5.41) is 13.4. The van der Waals surface area contributed by atoms with Crippen LogP contribution in [0.4, 0.5) is 11.4 Å². The predicted octanol–water partition coefficient (Wildman–Crippen LogP) is 3.88. The molecule has 0 aliphatic heterocycles. The average molecular weight is 418 g/mol. The van der Waals surface area contributed by atoms with Crippen molar-refractivity contribution in [2.75, 3.05) is 18.2 Å². The second-order valence-electron chi connectivity index (χ2n) is 6.32. The van der Waals surface area contributed by atoms with Gasteiger partial charge in [-0.1, -0.05) is 17.7 Å². The minimum absolute atomic E-state index is 0.0576. The lowest BCUT2D eigenvalue weighted by Gasteiger charge is -2.15. The Labute approximate surface area is 172 Å². The smallest absolute Gasteiger partial charge is 0.317 e. The topological polar surface area (TPSA) is 108 Å². The zero-order valence-corrected chi connectivity index (χ0v) is 17.4. The van der Waals surface area contributed by atoms with E-state index in [0.29, 0.717) is 0 Å². The number of ether oxygens (including phenoxy) is 2. The molecular formula is C20H22N2O6S. The molecule has 0 saturated heterocycles. The fourth-order valence-electron chi connectivity index (χ4n) is 2.43. The lowest BCUT2D eigenvalue weighted by Crippen LogP contribution is -2.30. The molecule has 9 heteroatoms. The first-order valence-electron chi connectivity index (χ1n) is 8.74. The Morgan fingerprint density at radius 3 is 2.59 bits per heavy atom. The van der Waals surface area contributed by atoms with Crippen LogP contribution in [0.5, 0.6) is 5.75 Å². The predicted molar refractivity (Wildman–Crippen MR) is 110 cm³/mol. The lowest BCUT2D eigenvalue weighted by molar-refractivity contribution is -0.384. The minimum atomic E-state index is -1.08. The van der Waals surface area contributed by atoms with E-state index in [-0.39, 0.29) is 22.9 Å². The van der Waals surface area contributed by atoms with Gasteiger partial charge in [0.25, 0.3) is 11.6 Å². The highest BCUT2D eigenvalue weighted by atomic mass is 32.2. The number of anilines is 1. The fraction of sp³-hybridized carbons (Fsp3) is 0.300. The van der Waals surface area contributed by atoms with Crippen LogP contribution in [0.1, 0.15) is 18.1 Å². The molecule has 29 heavy (non-hydrogen) atoms. The first-order valence-corrected chi connectivity index (χ1v) is 9.72. The SMILES string of the molecule is COc1ccc([N+](=O)[O-])cc1NC(=O)C(C)OC(=O)CSc1cc(C)ccc1C. The van der Waals surface area contributed by atoms with Gasteiger partial charge in [-0.15, -0.1) is 11.8 Å². The third-order valence-corrected chi connectivity index (χ3v) is 5.15. The quantitative estimate of drug-likeness (QED) is 0.300. The lowest BCUT2D eigenvalue weighted by atomic mass is 10.2. The van der Waals surface area contributed by atoms with Gasteiger partial charge in [0, 0.05) is 17.0 Å². The number of methoxy groups -OCH3 is 1. The third-order valence-electron chi connectivity index (χ3n) is 4.02. The van der Waals surface area contributed by atoms with Gasteiger partial charge < -0.3 is 14.8 Å². The molecule has 154 valence electrons. The maximum absolute atomic E-state index is 12.3. The number of hydrogen-bond donors (Lipinski definition) is 1. The number of esters is 1. The molecule has 1 unspecified atom stereocenters. The molecule has 2 aromatic carbocycles. The van der Waals surface area contributed by atoms with Crippen LogP contribution in [0.2, 0.25) is 0 Å². The number of nitrogens with zero attached hydrogens (tertiary/aromatic N) is 1. The number of nitro benzene ring substituents is 1. The van der Waals surface area contributed by atoms with Crippen molar-refractivity contribution in [2.24, 2.45) is 0 Å². The average Bonchev–Trinajstić information content (AvgIpc) is 2.68. The van der Waals surface area contributed by atoms with Crippen LogP contribution in [0.25, 0.3) is 0 Å². The van der Waals surface area contributed by atoms with Crippen molar-refractivity contribution in [1.29, 1.82) is 0 Å². The molecule has 1 N–H and O–H groups in total. The van der Waals surface area contributed by atoms with Crippen molar-refractivity contribution in [3.8, 4) is 5.75 Å². The standard InChI is InChI=1S/C20H22N2O6S/c1-12-5-6-13(2)18(9-12)29-11-19(23)28-14(3)20(24)21-16-10-15(22(25)26)7-8-17(16)27-4/h5-10,14H,11H2,1-4H3,(H,21,24). The molecule has 1 atom stereocenters. The molecule has 0 spiro atoms. The molecule has 0 saturated carbocycles. The van der Waals surface area contributed by atoms with Gasteiger partial charge >= 0.3 is 5.97 Å². The number of nitro groups is 1. The van der Waals surface area contributed by atoms with Gasteiger partial charge in [0.05, 0.1) is 23.5 Å². The van der Waals surface area contributed by atoms with Crippen LogP contribution in [0, 0.1) is 24.0 Å². The molecular weight excluding hydrogens is 396 g/mol. The molecule has 0 aliphatic rings. The summed E-state index contributed by atoms with van der Waals surface area (Å²) in [4.78, 5) is 35.8. The molecule has 0 radical (unpaired) electrons. The van der Waals surface area contributed by atoms with Gasteiger partial charge in [-0.3, -0.25) is 19.7 Å². The summed E-state index contributed by atoms with van der Waals surface area (Å²) in [6.45, 7) is 5.35. The van der Waals surface area contributed by atoms with Gasteiger partial charge in [-0.05, 0) is 38.5 Å². The number of rotatable bonds is 8. The zero-order chi connectivity index (χ0) is 21.6. The molecule has 0 bridgehead atoms. The van der Waals surface area contributed by atoms with Crippen molar-refractivity contribution in [2.45, 2.75) is 31.8 Å². The van der Waals surface area contributed by atoms with Crippen molar-refractivity contribution in [3.63, 3.8) is 0 Å². The fourth-order valence-corrected chi connectivity index (χ4v) is 3.33. The normalized spacial score (nSPS) is 11.4. The van der Waals surface area contributed by atoms with Crippen LogP contribution < -0.4 is 10.1 Å². The summed E-state index contributed by atoms with van der Waals surface area (Å²) >= 11 is 1.34. The van der Waals surface area contributed by atoms with E-state index < -0.39 is 22.9 Å². The zero-order valence-electron chi connectivity index (χ0n) is 16.6. The molecule has 0 aliphatic carbocycles. The number of aryl methyl sites for hydroxylation is 2. The number of carbonyl (C=O) groups is 2. The summed E-state index contributed by atoms with van der Waals surface area (Å²) in [6.07, 6.45) is -1.08. The van der Waals surface area contributed by atoms with Crippen molar-refractivity contribution in [1.82, 2.24) is 0 Å². The highest BCUT2D eigenvalue weighted by Gasteiger charge is 2.21. The van der Waals surface area contributed by atoms with E-state index in [0.717, 1.165) is 16.0 Å². The maximum atomic E-state index is 12.3. The number of amides is 1. The van der Waals surface area contributed by atoms with Crippen molar-refractivity contribution < 1.29 is 24.0 Å². The maximum Gasteiger partial charge on any atom is 0.317 e. The largest absolute Gasteiger partial charge is 0.495 e. The Bertz CT molecular complexity index is 931. The second kappa shape index (κ2) is 9.92. The summed E-state index contributed by atoms with van der Waals surface area (Å²) in [6, 6.07) is 9.78. The Hall–Kier alpha value is -3.07. The van der Waals surface area contributed by atoms with Crippen molar-refractivity contribution in [3.05, 3.63) is 57.6 Å². The van der Waals surface area contributed by atoms with E-state index in [1.807, 2.05) is 32.0 Å². The molecule has 2 aromatic rings. The van der Waals surface area contributed by atoms with E-state index in [1.54, 1.807) is 0 Å². The van der Waals surface area contributed by atoms with Crippen LogP contribution in [0.3, 0.4) is 0 Å². The monoisotopic (exact) mass is 418 g/mol. The molecule has 0 aromatic heterocycles. The number of nitrogens with one attached hydrogen (secondary N) is 1. The second-order valence-corrected chi connectivity index (χ2v) is 7.34. The Kier molecular flexibility index (Phi) is 7.60. The van der Waals surface area contributed by atoms with Gasteiger partial charge in [0.1, 0.15) is 5.75 Å². The summed E-state index contributed by atoms with van der Waals surface area (Å²) in [7, 11) is 1.38.